The number of carbonyl (C=O) groups excluding carboxylic acids is 1. The van der Waals surface area contributed by atoms with Gasteiger partial charge < -0.3 is 10.2 Å². The highest BCUT2D eigenvalue weighted by atomic mass is 35.5. The van der Waals surface area contributed by atoms with Crippen molar-refractivity contribution in [1.29, 1.82) is 0 Å². The highest BCUT2D eigenvalue weighted by Crippen LogP contribution is 2.11. The summed E-state index contributed by atoms with van der Waals surface area (Å²) >= 11 is 7.46. The van der Waals surface area contributed by atoms with Crippen LogP contribution < -0.4 is 5.32 Å². The Hall–Kier alpha value is -1.52. The second-order valence-electron chi connectivity index (χ2n) is 4.22. The second kappa shape index (κ2) is 6.59. The van der Waals surface area contributed by atoms with Gasteiger partial charge in [0.1, 0.15) is 0 Å². The number of nitrogens with one attached hydrogen (secondary N) is 1. The Morgan fingerprint density at radius 1 is 1.32 bits per heavy atom. The van der Waals surface area contributed by atoms with Crippen LogP contribution in [0.4, 0.5) is 4.79 Å². The number of nitrogens with zero attached hydrogens (tertiary/aromatic N) is 1. The molecule has 1 aromatic heterocycles. The van der Waals surface area contributed by atoms with Crippen molar-refractivity contribution >= 4 is 29.0 Å². The molecule has 0 saturated carbocycles. The van der Waals surface area contributed by atoms with E-state index in [-0.39, 0.29) is 6.03 Å². The summed E-state index contributed by atoms with van der Waals surface area (Å²) in [7, 11) is 1.78. The summed E-state index contributed by atoms with van der Waals surface area (Å²) < 4.78 is 0. The first-order valence-electron chi connectivity index (χ1n) is 5.91. The van der Waals surface area contributed by atoms with Crippen molar-refractivity contribution in [3.05, 3.63) is 57.2 Å². The maximum absolute atomic E-state index is 11.9. The first-order valence-corrected chi connectivity index (χ1v) is 7.16. The average molecular weight is 295 g/mol. The lowest BCUT2D eigenvalue weighted by molar-refractivity contribution is 0.206. The van der Waals surface area contributed by atoms with Crippen LogP contribution in [-0.4, -0.2) is 18.0 Å². The third-order valence-corrected chi connectivity index (χ3v) is 3.80. The number of carbonyl (C=O) groups is 1. The zero-order valence-electron chi connectivity index (χ0n) is 10.6. The number of thiophene rings is 1. The van der Waals surface area contributed by atoms with Gasteiger partial charge in [-0.25, -0.2) is 4.79 Å². The van der Waals surface area contributed by atoms with E-state index in [2.05, 4.69) is 5.32 Å². The largest absolute Gasteiger partial charge is 0.333 e. The Bertz CT molecular complexity index is 525. The van der Waals surface area contributed by atoms with Crippen LogP contribution in [0.5, 0.6) is 0 Å². The monoisotopic (exact) mass is 294 g/mol. The van der Waals surface area contributed by atoms with Crippen LogP contribution in [-0.2, 0) is 13.1 Å². The molecule has 2 aromatic rings. The number of amides is 2. The molecule has 1 heterocycles. The highest BCUT2D eigenvalue weighted by Gasteiger charge is 2.08. The minimum atomic E-state index is -0.0802. The fourth-order valence-electron chi connectivity index (χ4n) is 1.65. The zero-order valence-corrected chi connectivity index (χ0v) is 12.2. The maximum Gasteiger partial charge on any atom is 0.317 e. The quantitative estimate of drug-likeness (QED) is 0.915. The van der Waals surface area contributed by atoms with Gasteiger partial charge >= 0.3 is 6.03 Å². The lowest BCUT2D eigenvalue weighted by Gasteiger charge is -2.17. The average Bonchev–Trinajstić information content (AvgIpc) is 2.91. The van der Waals surface area contributed by atoms with Gasteiger partial charge in [-0.2, -0.15) is 0 Å². The van der Waals surface area contributed by atoms with Gasteiger partial charge in [-0.1, -0.05) is 29.8 Å². The van der Waals surface area contributed by atoms with E-state index in [4.69, 9.17) is 11.6 Å². The molecule has 5 heteroatoms. The highest BCUT2D eigenvalue weighted by molar-refractivity contribution is 7.09. The molecule has 1 aromatic carbocycles. The van der Waals surface area contributed by atoms with Crippen LogP contribution in [0.15, 0.2) is 41.8 Å². The zero-order chi connectivity index (χ0) is 13.7. The van der Waals surface area contributed by atoms with Crippen LogP contribution in [0.25, 0.3) is 0 Å². The van der Waals surface area contributed by atoms with Crippen LogP contribution in [0.2, 0.25) is 5.02 Å². The second-order valence-corrected chi connectivity index (χ2v) is 5.69. The molecule has 0 saturated heterocycles. The lowest BCUT2D eigenvalue weighted by atomic mass is 10.2. The number of halogens is 1. The molecule has 0 aliphatic heterocycles. The lowest BCUT2D eigenvalue weighted by Crippen LogP contribution is -2.36. The Labute approximate surface area is 121 Å². The van der Waals surface area contributed by atoms with Crippen LogP contribution in [0.3, 0.4) is 0 Å². The van der Waals surface area contributed by atoms with Crippen molar-refractivity contribution in [3.8, 4) is 0 Å². The third-order valence-electron chi connectivity index (χ3n) is 2.67. The van der Waals surface area contributed by atoms with Crippen LogP contribution in [0.1, 0.15) is 10.4 Å². The van der Waals surface area contributed by atoms with Gasteiger partial charge in [0.25, 0.3) is 0 Å². The Balaban J connectivity index is 1.83. The number of hydrogen-bond acceptors (Lipinski definition) is 2. The molecular formula is C14H15ClN2OS. The summed E-state index contributed by atoms with van der Waals surface area (Å²) in [6, 6.07) is 11.4. The van der Waals surface area contributed by atoms with Gasteiger partial charge in [-0.05, 0) is 29.1 Å². The molecule has 0 aliphatic carbocycles. The predicted octanol–water partition coefficient (Wildman–Crippen LogP) is 3.74. The number of hydrogen-bond donors (Lipinski definition) is 1. The molecule has 0 aliphatic rings. The van der Waals surface area contributed by atoms with Crippen molar-refractivity contribution in [2.24, 2.45) is 0 Å². The van der Waals surface area contributed by atoms with Gasteiger partial charge in [0, 0.05) is 23.5 Å². The van der Waals surface area contributed by atoms with Crippen molar-refractivity contribution in [1.82, 2.24) is 10.2 Å². The molecule has 0 radical (unpaired) electrons. The standard InChI is InChI=1S/C14H15ClN2OS/c1-17(10-11-4-6-12(15)7-5-11)14(18)16-9-13-3-2-8-19-13/h2-8H,9-10H2,1H3,(H,16,18). The van der Waals surface area contributed by atoms with Crippen LogP contribution >= 0.6 is 22.9 Å². The first-order chi connectivity index (χ1) is 9.15. The van der Waals surface area contributed by atoms with Crippen molar-refractivity contribution in [2.75, 3.05) is 7.05 Å². The minimum absolute atomic E-state index is 0.0802. The van der Waals surface area contributed by atoms with Gasteiger partial charge in [0.15, 0.2) is 0 Å². The molecule has 2 amide bonds. The molecule has 19 heavy (non-hydrogen) atoms. The molecule has 2 rings (SSSR count). The van der Waals surface area contributed by atoms with E-state index in [0.29, 0.717) is 18.1 Å². The van der Waals surface area contributed by atoms with E-state index in [9.17, 15) is 4.79 Å². The van der Waals surface area contributed by atoms with Crippen molar-refractivity contribution in [3.63, 3.8) is 0 Å². The summed E-state index contributed by atoms with van der Waals surface area (Å²) in [4.78, 5) is 14.7. The topological polar surface area (TPSA) is 32.3 Å². The van der Waals surface area contributed by atoms with Gasteiger partial charge in [0.05, 0.1) is 6.54 Å². The predicted molar refractivity (Wildman–Crippen MR) is 79.5 cm³/mol. The fraction of sp³-hybridized carbons (Fsp3) is 0.214. The summed E-state index contributed by atoms with van der Waals surface area (Å²) in [6.07, 6.45) is 0. The molecule has 3 nitrogen and oxygen atoms in total. The van der Waals surface area contributed by atoms with E-state index in [0.717, 1.165) is 10.4 Å². The summed E-state index contributed by atoms with van der Waals surface area (Å²) in [5.41, 5.74) is 1.05. The molecule has 0 fully saturated rings. The molecule has 0 atom stereocenters. The third kappa shape index (κ3) is 4.26. The maximum atomic E-state index is 11.9. The SMILES string of the molecule is CN(Cc1ccc(Cl)cc1)C(=O)NCc1cccs1. The molecule has 0 bridgehead atoms. The Morgan fingerprint density at radius 3 is 2.68 bits per heavy atom. The number of rotatable bonds is 4. The number of benzene rings is 1. The fourth-order valence-corrected chi connectivity index (χ4v) is 2.42. The van der Waals surface area contributed by atoms with E-state index in [1.165, 1.54) is 0 Å². The van der Waals surface area contributed by atoms with Gasteiger partial charge in [-0.3, -0.25) is 0 Å². The Morgan fingerprint density at radius 2 is 2.05 bits per heavy atom. The molecule has 0 unspecified atom stereocenters. The van der Waals surface area contributed by atoms with E-state index < -0.39 is 0 Å². The smallest absolute Gasteiger partial charge is 0.317 e. The number of urea groups is 1. The molecule has 0 spiro atoms. The van der Waals surface area contributed by atoms with E-state index in [1.54, 1.807) is 23.3 Å². The van der Waals surface area contributed by atoms with Gasteiger partial charge in [-0.15, -0.1) is 11.3 Å². The normalized spacial score (nSPS) is 10.2. The van der Waals surface area contributed by atoms with Crippen molar-refractivity contribution < 1.29 is 4.79 Å². The molecule has 100 valence electrons. The van der Waals surface area contributed by atoms with E-state index >= 15 is 0 Å². The summed E-state index contributed by atoms with van der Waals surface area (Å²) in [6.45, 7) is 1.13. The summed E-state index contributed by atoms with van der Waals surface area (Å²) in [5, 5.41) is 5.59. The van der Waals surface area contributed by atoms with Crippen LogP contribution in [0, 0.1) is 0 Å². The molecular weight excluding hydrogens is 280 g/mol. The van der Waals surface area contributed by atoms with E-state index in [1.807, 2.05) is 41.8 Å². The van der Waals surface area contributed by atoms with Crippen molar-refractivity contribution in [2.45, 2.75) is 13.1 Å². The minimum Gasteiger partial charge on any atom is -0.333 e. The van der Waals surface area contributed by atoms with Gasteiger partial charge in [0.2, 0.25) is 0 Å². The summed E-state index contributed by atoms with van der Waals surface area (Å²) in [5.74, 6) is 0. The Kier molecular flexibility index (Phi) is 4.82. The molecule has 1 N–H and O–H groups in total. The first kappa shape index (κ1) is 13.9.